The van der Waals surface area contributed by atoms with Crippen LogP contribution in [0.2, 0.25) is 0 Å². The van der Waals surface area contributed by atoms with E-state index in [0.29, 0.717) is 5.56 Å². The van der Waals surface area contributed by atoms with Gasteiger partial charge in [0, 0.05) is 11.6 Å². The van der Waals surface area contributed by atoms with Gasteiger partial charge in [0.25, 0.3) is 0 Å². The van der Waals surface area contributed by atoms with E-state index in [1.807, 2.05) is 0 Å². The number of aromatic hydroxyl groups is 2. The quantitative estimate of drug-likeness (QED) is 0.511. The van der Waals surface area contributed by atoms with Crippen molar-refractivity contribution in [3.05, 3.63) is 53.6 Å². The second kappa shape index (κ2) is 8.33. The van der Waals surface area contributed by atoms with Crippen molar-refractivity contribution in [3.8, 4) is 11.5 Å². The monoisotopic (exact) mass is 459 g/mol. The number of rotatable bonds is 5. The van der Waals surface area contributed by atoms with E-state index in [1.165, 1.54) is 0 Å². The fourth-order valence-corrected chi connectivity index (χ4v) is 6.22. The molecule has 1 heterocycles. The number of halogens is 3. The first-order valence-electron chi connectivity index (χ1n) is 9.72. The summed E-state index contributed by atoms with van der Waals surface area (Å²) in [6, 6.07) is 9.93. The molecular formula is C21H24F3NO5S. The first kappa shape index (κ1) is 23.4. The predicted octanol–water partition coefficient (Wildman–Crippen LogP) is 3.42. The lowest BCUT2D eigenvalue weighted by Gasteiger charge is -2.37. The molecule has 6 nitrogen and oxygen atoms in total. The van der Waals surface area contributed by atoms with Crippen molar-refractivity contribution in [2.45, 2.75) is 54.9 Å². The number of aliphatic hydroxyl groups is 1. The molecule has 2 aromatic rings. The summed E-state index contributed by atoms with van der Waals surface area (Å²) in [6.45, 7) is 1.63. The van der Waals surface area contributed by atoms with Gasteiger partial charge < -0.3 is 15.3 Å². The molecule has 2 aromatic carbocycles. The number of aliphatic hydroxyl groups excluding tert-OH is 1. The highest BCUT2D eigenvalue weighted by atomic mass is 32.2. The van der Waals surface area contributed by atoms with Crippen molar-refractivity contribution < 1.29 is 36.9 Å². The second-order valence-electron chi connectivity index (χ2n) is 7.94. The van der Waals surface area contributed by atoms with Crippen LogP contribution in [0.15, 0.2) is 47.4 Å². The highest BCUT2D eigenvalue weighted by Crippen LogP contribution is 2.42. The molecule has 4 N–H and O–H groups in total. The number of benzene rings is 2. The molecular weight excluding hydrogens is 435 g/mol. The highest BCUT2D eigenvalue weighted by molar-refractivity contribution is 7.91. The molecule has 10 heteroatoms. The van der Waals surface area contributed by atoms with Gasteiger partial charge in [-0.2, -0.15) is 13.2 Å². The summed E-state index contributed by atoms with van der Waals surface area (Å²) < 4.78 is 64.9. The van der Waals surface area contributed by atoms with Crippen LogP contribution < -0.4 is 5.32 Å². The van der Waals surface area contributed by atoms with Gasteiger partial charge in [0.15, 0.2) is 21.3 Å². The molecule has 0 fully saturated rings. The number of fused-ring (bicyclic) bond motifs is 1. The van der Waals surface area contributed by atoms with Crippen LogP contribution in [0.4, 0.5) is 13.2 Å². The van der Waals surface area contributed by atoms with Gasteiger partial charge >= 0.3 is 6.18 Å². The number of nitrogens with one attached hydrogen (secondary N) is 1. The Bertz CT molecular complexity index is 1040. The molecule has 0 aliphatic carbocycles. The molecule has 170 valence electrons. The fourth-order valence-electron chi connectivity index (χ4n) is 4.10. The Labute approximate surface area is 178 Å². The van der Waals surface area contributed by atoms with E-state index in [2.05, 4.69) is 5.32 Å². The minimum atomic E-state index is -4.60. The van der Waals surface area contributed by atoms with Crippen LogP contribution in [-0.4, -0.2) is 47.3 Å². The zero-order valence-corrected chi connectivity index (χ0v) is 17.5. The molecule has 1 aliphatic rings. The molecule has 0 aromatic heterocycles. The van der Waals surface area contributed by atoms with Crippen molar-refractivity contribution in [2.75, 3.05) is 5.75 Å². The van der Waals surface area contributed by atoms with E-state index < -0.39 is 63.8 Å². The maximum atomic E-state index is 13.2. The van der Waals surface area contributed by atoms with Crippen molar-refractivity contribution in [1.82, 2.24) is 5.32 Å². The molecule has 0 radical (unpaired) electrons. The van der Waals surface area contributed by atoms with E-state index in [9.17, 15) is 36.9 Å². The van der Waals surface area contributed by atoms with Crippen molar-refractivity contribution in [1.29, 1.82) is 0 Å². The zero-order valence-electron chi connectivity index (χ0n) is 16.7. The van der Waals surface area contributed by atoms with Crippen LogP contribution in [0, 0.1) is 0 Å². The van der Waals surface area contributed by atoms with Gasteiger partial charge in [-0.25, -0.2) is 8.42 Å². The van der Waals surface area contributed by atoms with Crippen molar-refractivity contribution in [3.63, 3.8) is 0 Å². The molecule has 0 saturated carbocycles. The minimum Gasteiger partial charge on any atom is -0.504 e. The molecule has 0 amide bonds. The molecule has 0 spiro atoms. The summed E-state index contributed by atoms with van der Waals surface area (Å²) in [5.41, 5.74) is -0.593. The van der Waals surface area contributed by atoms with Crippen LogP contribution >= 0.6 is 0 Å². The summed E-state index contributed by atoms with van der Waals surface area (Å²) in [5, 5.41) is 33.2. The van der Waals surface area contributed by atoms with E-state index >= 15 is 0 Å². The molecule has 3 rings (SSSR count). The van der Waals surface area contributed by atoms with E-state index in [4.69, 9.17) is 0 Å². The number of hydrogen-bond donors (Lipinski definition) is 4. The van der Waals surface area contributed by atoms with E-state index in [-0.39, 0.29) is 16.9 Å². The van der Waals surface area contributed by atoms with Gasteiger partial charge in [-0.05, 0) is 30.0 Å². The third-order valence-electron chi connectivity index (χ3n) is 5.57. The first-order valence-corrected chi connectivity index (χ1v) is 11.4. The van der Waals surface area contributed by atoms with Crippen LogP contribution in [0.25, 0.3) is 0 Å². The lowest BCUT2D eigenvalue weighted by molar-refractivity contribution is -0.155. The summed E-state index contributed by atoms with van der Waals surface area (Å²) in [6.07, 6.45) is -8.19. The van der Waals surface area contributed by atoms with Gasteiger partial charge in [-0.1, -0.05) is 37.3 Å². The summed E-state index contributed by atoms with van der Waals surface area (Å²) in [4.78, 5) is -0.218. The van der Waals surface area contributed by atoms with Gasteiger partial charge in [-0.3, -0.25) is 5.32 Å². The normalized spacial score (nSPS) is 24.2. The number of phenolic OH excluding ortho intramolecular Hbond substituents is 2. The van der Waals surface area contributed by atoms with Gasteiger partial charge in [0.2, 0.25) is 0 Å². The predicted molar refractivity (Wildman–Crippen MR) is 108 cm³/mol. The number of phenols is 2. The number of alkyl halides is 3. The average molecular weight is 459 g/mol. The molecule has 3 atom stereocenters. The lowest BCUT2D eigenvalue weighted by atomic mass is 9.86. The molecule has 31 heavy (non-hydrogen) atoms. The topological polar surface area (TPSA) is 107 Å². The van der Waals surface area contributed by atoms with E-state index in [0.717, 1.165) is 12.1 Å². The van der Waals surface area contributed by atoms with Gasteiger partial charge in [-0.15, -0.1) is 0 Å². The maximum absolute atomic E-state index is 13.2. The third kappa shape index (κ3) is 5.13. The summed E-state index contributed by atoms with van der Waals surface area (Å²) in [5.74, 6) is -1.71. The third-order valence-corrected chi connectivity index (χ3v) is 7.53. The Hall–Kier alpha value is -2.30. The Balaban J connectivity index is 2.16. The fraction of sp³-hybridized carbons (Fsp3) is 0.429. The molecule has 0 saturated heterocycles. The number of hydrogen-bond acceptors (Lipinski definition) is 6. The molecule has 1 unspecified atom stereocenters. The highest BCUT2D eigenvalue weighted by Gasteiger charge is 2.45. The summed E-state index contributed by atoms with van der Waals surface area (Å²) in [7, 11) is -4.09. The zero-order chi connectivity index (χ0) is 23.0. The lowest BCUT2D eigenvalue weighted by Crippen LogP contribution is -2.52. The Kier molecular flexibility index (Phi) is 6.28. The largest absolute Gasteiger partial charge is 0.504 e. The average Bonchev–Trinajstić information content (AvgIpc) is 2.75. The SMILES string of the molecule is CC[C@]1(CC(O)CC(F)(F)F)CS(=O)(=O)c2cc(O)c(O)cc2[C@H](c2ccccc2)N1. The van der Waals surface area contributed by atoms with Gasteiger partial charge in [0.1, 0.15) is 0 Å². The standard InChI is InChI=1S/C21H24F3NO5S/c1-2-20(10-14(26)11-21(22,23)24)12-31(29,30)18-9-17(28)16(27)8-15(18)19(25-20)13-6-4-3-5-7-13/h3-9,14,19,25-28H,2,10-12H2,1H3/t14?,19-,20-/m0/s1. The van der Waals surface area contributed by atoms with Crippen LogP contribution in [0.3, 0.4) is 0 Å². The Morgan fingerprint density at radius 2 is 1.77 bits per heavy atom. The van der Waals surface area contributed by atoms with Crippen molar-refractivity contribution >= 4 is 9.84 Å². The van der Waals surface area contributed by atoms with E-state index in [1.54, 1.807) is 37.3 Å². The Morgan fingerprint density at radius 3 is 2.35 bits per heavy atom. The molecule has 1 aliphatic heterocycles. The minimum absolute atomic E-state index is 0.121. The van der Waals surface area contributed by atoms with Crippen LogP contribution in [0.5, 0.6) is 11.5 Å². The number of sulfone groups is 1. The summed E-state index contributed by atoms with van der Waals surface area (Å²) >= 11 is 0. The van der Waals surface area contributed by atoms with Crippen LogP contribution in [-0.2, 0) is 9.84 Å². The van der Waals surface area contributed by atoms with Crippen LogP contribution in [0.1, 0.15) is 43.4 Å². The maximum Gasteiger partial charge on any atom is 0.391 e. The van der Waals surface area contributed by atoms with Crippen molar-refractivity contribution in [2.24, 2.45) is 0 Å². The first-order chi connectivity index (χ1) is 14.4. The van der Waals surface area contributed by atoms with Gasteiger partial charge in [0.05, 0.1) is 29.2 Å². The smallest absolute Gasteiger partial charge is 0.391 e. The second-order valence-corrected chi connectivity index (χ2v) is 9.89. The molecule has 0 bridgehead atoms. The Morgan fingerprint density at radius 1 is 1.16 bits per heavy atom.